The second-order valence-corrected chi connectivity index (χ2v) is 3.23. The number of aryl methyl sites for hydroxylation is 2. The maximum atomic E-state index is 11.1. The standard InChI is InChI=1S/C10H15N3O/c1-6-4-8(11)5-7(2)9(6)13-10(14)12-3/h4-5H,11H2,1-3H3,(H2,12,13,14). The number of hydrogen-bond acceptors (Lipinski definition) is 2. The normalized spacial score (nSPS) is 9.64. The Morgan fingerprint density at radius 2 is 1.79 bits per heavy atom. The van der Waals surface area contributed by atoms with Crippen LogP contribution in [0.4, 0.5) is 16.2 Å². The van der Waals surface area contributed by atoms with Gasteiger partial charge in [-0.2, -0.15) is 0 Å². The summed E-state index contributed by atoms with van der Waals surface area (Å²) in [7, 11) is 1.58. The largest absolute Gasteiger partial charge is 0.399 e. The molecule has 0 saturated carbocycles. The highest BCUT2D eigenvalue weighted by molar-refractivity contribution is 5.91. The molecule has 1 aromatic carbocycles. The molecule has 0 heterocycles. The number of anilines is 2. The molecule has 76 valence electrons. The first-order valence-electron chi connectivity index (χ1n) is 4.40. The monoisotopic (exact) mass is 193 g/mol. The highest BCUT2D eigenvalue weighted by Gasteiger charge is 2.06. The Morgan fingerprint density at radius 3 is 2.21 bits per heavy atom. The van der Waals surface area contributed by atoms with Crippen molar-refractivity contribution in [3.63, 3.8) is 0 Å². The van der Waals surface area contributed by atoms with Crippen LogP contribution in [0, 0.1) is 13.8 Å². The van der Waals surface area contributed by atoms with E-state index in [-0.39, 0.29) is 6.03 Å². The van der Waals surface area contributed by atoms with E-state index in [1.807, 2.05) is 26.0 Å². The van der Waals surface area contributed by atoms with Crippen molar-refractivity contribution in [2.75, 3.05) is 18.1 Å². The van der Waals surface area contributed by atoms with Gasteiger partial charge < -0.3 is 16.4 Å². The van der Waals surface area contributed by atoms with Gasteiger partial charge in [-0.3, -0.25) is 0 Å². The van der Waals surface area contributed by atoms with E-state index in [1.54, 1.807) is 7.05 Å². The summed E-state index contributed by atoms with van der Waals surface area (Å²) in [5.41, 5.74) is 9.12. The smallest absolute Gasteiger partial charge is 0.318 e. The van der Waals surface area contributed by atoms with E-state index in [2.05, 4.69) is 10.6 Å². The summed E-state index contributed by atoms with van der Waals surface area (Å²) in [5.74, 6) is 0. The predicted octanol–water partition coefficient (Wildman–Crippen LogP) is 1.64. The average Bonchev–Trinajstić information content (AvgIpc) is 2.10. The van der Waals surface area contributed by atoms with E-state index in [0.717, 1.165) is 16.8 Å². The highest BCUT2D eigenvalue weighted by Crippen LogP contribution is 2.22. The first-order valence-corrected chi connectivity index (χ1v) is 4.40. The van der Waals surface area contributed by atoms with Crippen LogP contribution in [0.2, 0.25) is 0 Å². The first-order chi connectivity index (χ1) is 6.54. The number of rotatable bonds is 1. The summed E-state index contributed by atoms with van der Waals surface area (Å²) < 4.78 is 0. The van der Waals surface area contributed by atoms with Crippen LogP contribution in [0.3, 0.4) is 0 Å². The molecule has 4 N–H and O–H groups in total. The lowest BCUT2D eigenvalue weighted by Gasteiger charge is -2.11. The van der Waals surface area contributed by atoms with Crippen LogP contribution in [-0.4, -0.2) is 13.1 Å². The van der Waals surface area contributed by atoms with E-state index in [9.17, 15) is 4.79 Å². The van der Waals surface area contributed by atoms with Gasteiger partial charge in [0.05, 0.1) is 0 Å². The van der Waals surface area contributed by atoms with Gasteiger partial charge in [0.25, 0.3) is 0 Å². The lowest BCUT2D eigenvalue weighted by molar-refractivity contribution is 0.254. The second kappa shape index (κ2) is 4.00. The van der Waals surface area contributed by atoms with E-state index in [4.69, 9.17) is 5.73 Å². The molecule has 0 fully saturated rings. The van der Waals surface area contributed by atoms with Gasteiger partial charge in [0.2, 0.25) is 0 Å². The third-order valence-electron chi connectivity index (χ3n) is 2.02. The molecule has 0 saturated heterocycles. The van der Waals surface area contributed by atoms with Gasteiger partial charge in [-0.25, -0.2) is 4.79 Å². The summed E-state index contributed by atoms with van der Waals surface area (Å²) >= 11 is 0. The average molecular weight is 193 g/mol. The molecule has 0 aliphatic heterocycles. The van der Waals surface area contributed by atoms with Crippen LogP contribution in [0.1, 0.15) is 11.1 Å². The van der Waals surface area contributed by atoms with E-state index in [1.165, 1.54) is 0 Å². The fraction of sp³-hybridized carbons (Fsp3) is 0.300. The number of carbonyl (C=O) groups excluding carboxylic acids is 1. The second-order valence-electron chi connectivity index (χ2n) is 3.23. The molecule has 0 aliphatic carbocycles. The molecule has 14 heavy (non-hydrogen) atoms. The van der Waals surface area contributed by atoms with Crippen molar-refractivity contribution in [3.8, 4) is 0 Å². The summed E-state index contributed by atoms with van der Waals surface area (Å²) in [6.45, 7) is 3.82. The Bertz CT molecular complexity index is 337. The van der Waals surface area contributed by atoms with Gasteiger partial charge in [0, 0.05) is 18.4 Å². The molecule has 0 atom stereocenters. The Morgan fingerprint density at radius 1 is 1.29 bits per heavy atom. The van der Waals surface area contributed by atoms with Crippen molar-refractivity contribution in [1.29, 1.82) is 0 Å². The Hall–Kier alpha value is -1.71. The summed E-state index contributed by atoms with van der Waals surface area (Å²) in [5, 5.41) is 5.25. The molecule has 0 aromatic heterocycles. The number of urea groups is 1. The van der Waals surface area contributed by atoms with Crippen LogP contribution < -0.4 is 16.4 Å². The van der Waals surface area contributed by atoms with E-state index in [0.29, 0.717) is 5.69 Å². The molecule has 0 aliphatic rings. The molecule has 1 aromatic rings. The van der Waals surface area contributed by atoms with E-state index >= 15 is 0 Å². The van der Waals surface area contributed by atoms with Crippen molar-refractivity contribution in [2.45, 2.75) is 13.8 Å². The van der Waals surface area contributed by atoms with Crippen molar-refractivity contribution in [1.82, 2.24) is 5.32 Å². The van der Waals surface area contributed by atoms with Crippen LogP contribution in [0.5, 0.6) is 0 Å². The zero-order valence-electron chi connectivity index (χ0n) is 8.64. The highest BCUT2D eigenvalue weighted by atomic mass is 16.2. The van der Waals surface area contributed by atoms with Gasteiger partial charge in [0.1, 0.15) is 0 Å². The number of benzene rings is 1. The van der Waals surface area contributed by atoms with Crippen LogP contribution in [-0.2, 0) is 0 Å². The van der Waals surface area contributed by atoms with Gasteiger partial charge in [-0.1, -0.05) is 0 Å². The Labute approximate surface area is 83.5 Å². The number of carbonyl (C=O) groups is 1. The van der Waals surface area contributed by atoms with Gasteiger partial charge in [-0.15, -0.1) is 0 Å². The minimum Gasteiger partial charge on any atom is -0.399 e. The van der Waals surface area contributed by atoms with Crippen LogP contribution in [0.15, 0.2) is 12.1 Å². The lowest BCUT2D eigenvalue weighted by Crippen LogP contribution is -2.25. The zero-order valence-corrected chi connectivity index (χ0v) is 8.64. The first kappa shape index (κ1) is 10.4. The zero-order chi connectivity index (χ0) is 10.7. The van der Waals surface area contributed by atoms with Crippen molar-refractivity contribution in [3.05, 3.63) is 23.3 Å². The van der Waals surface area contributed by atoms with Gasteiger partial charge >= 0.3 is 6.03 Å². The topological polar surface area (TPSA) is 67.2 Å². The molecule has 0 bridgehead atoms. The molecule has 4 heteroatoms. The van der Waals surface area contributed by atoms with Gasteiger partial charge in [0.15, 0.2) is 0 Å². The molecular weight excluding hydrogens is 178 g/mol. The van der Waals surface area contributed by atoms with Crippen LogP contribution in [0.25, 0.3) is 0 Å². The van der Waals surface area contributed by atoms with Crippen LogP contribution >= 0.6 is 0 Å². The number of nitrogen functional groups attached to an aromatic ring is 1. The number of amides is 2. The Kier molecular flexibility index (Phi) is 2.96. The van der Waals surface area contributed by atoms with Crippen molar-refractivity contribution >= 4 is 17.4 Å². The quantitative estimate of drug-likeness (QED) is 0.593. The maximum absolute atomic E-state index is 11.1. The third kappa shape index (κ3) is 2.16. The molecule has 1 rings (SSSR count). The molecule has 0 unspecified atom stereocenters. The maximum Gasteiger partial charge on any atom is 0.318 e. The molecule has 4 nitrogen and oxygen atoms in total. The summed E-state index contributed by atoms with van der Waals surface area (Å²) in [6, 6.07) is 3.44. The van der Waals surface area contributed by atoms with Gasteiger partial charge in [-0.05, 0) is 37.1 Å². The minimum atomic E-state index is -0.221. The Balaban J connectivity index is 3.02. The number of hydrogen-bond donors (Lipinski definition) is 3. The SMILES string of the molecule is CNC(=O)Nc1c(C)cc(N)cc1C. The molecule has 0 spiro atoms. The summed E-state index contributed by atoms with van der Waals surface area (Å²) in [6.07, 6.45) is 0. The fourth-order valence-electron chi connectivity index (χ4n) is 1.37. The van der Waals surface area contributed by atoms with E-state index < -0.39 is 0 Å². The van der Waals surface area contributed by atoms with Crippen molar-refractivity contribution < 1.29 is 4.79 Å². The fourth-order valence-corrected chi connectivity index (χ4v) is 1.37. The molecule has 0 radical (unpaired) electrons. The molecule has 2 amide bonds. The number of nitrogens with one attached hydrogen (secondary N) is 2. The molecular formula is C10H15N3O. The minimum absolute atomic E-state index is 0.221. The third-order valence-corrected chi connectivity index (χ3v) is 2.02. The summed E-state index contributed by atoms with van der Waals surface area (Å²) in [4.78, 5) is 11.1. The lowest BCUT2D eigenvalue weighted by atomic mass is 10.1. The number of nitrogens with two attached hydrogens (primary N) is 1. The van der Waals surface area contributed by atoms with Crippen molar-refractivity contribution in [2.24, 2.45) is 0 Å². The predicted molar refractivity (Wildman–Crippen MR) is 58.4 cm³/mol.